The van der Waals surface area contributed by atoms with Crippen molar-refractivity contribution in [3.63, 3.8) is 0 Å². The molecule has 0 amide bonds. The quantitative estimate of drug-likeness (QED) is 0.707. The Kier molecular flexibility index (Phi) is 6.67. The number of carbonyl (C=O) groups is 1. The highest BCUT2D eigenvalue weighted by atomic mass is 35.5. The van der Waals surface area contributed by atoms with Gasteiger partial charge >= 0.3 is 5.97 Å². The van der Waals surface area contributed by atoms with Gasteiger partial charge in [0.2, 0.25) is 0 Å². The van der Waals surface area contributed by atoms with Crippen molar-refractivity contribution in [3.05, 3.63) is 58.1 Å². The highest BCUT2D eigenvalue weighted by Crippen LogP contribution is 2.34. The first-order valence-corrected chi connectivity index (χ1v) is 8.49. The molecule has 2 atom stereocenters. The summed E-state index contributed by atoms with van der Waals surface area (Å²) in [5.74, 6) is -0.521. The summed E-state index contributed by atoms with van der Waals surface area (Å²) in [5, 5.41) is 11.8. The monoisotopic (exact) mass is 366 g/mol. The lowest BCUT2D eigenvalue weighted by Gasteiger charge is -2.18. The van der Waals surface area contributed by atoms with Gasteiger partial charge in [-0.3, -0.25) is 4.79 Å². The fourth-order valence-corrected chi connectivity index (χ4v) is 2.88. The van der Waals surface area contributed by atoms with Crippen LogP contribution >= 0.6 is 23.2 Å². The molecule has 0 saturated heterocycles. The summed E-state index contributed by atoms with van der Waals surface area (Å²) in [6.45, 7) is 1.79. The van der Waals surface area contributed by atoms with Crippen LogP contribution in [0.2, 0.25) is 10.0 Å². The minimum Gasteiger partial charge on any atom is -0.469 e. The maximum Gasteiger partial charge on any atom is 0.308 e. The molecule has 0 heterocycles. The summed E-state index contributed by atoms with van der Waals surface area (Å²) in [5.41, 5.74) is 2.56. The molecule has 0 aliphatic carbocycles. The minimum absolute atomic E-state index is 0.254. The molecule has 1 N–H and O–H groups in total. The molecule has 24 heavy (non-hydrogen) atoms. The van der Waals surface area contributed by atoms with Gasteiger partial charge in [0.15, 0.2) is 0 Å². The average Bonchev–Trinajstić information content (AvgIpc) is 2.59. The number of methoxy groups -OCH3 is 1. The second-order valence-corrected chi connectivity index (χ2v) is 6.63. The van der Waals surface area contributed by atoms with Crippen LogP contribution in [0.5, 0.6) is 0 Å². The van der Waals surface area contributed by atoms with Crippen LogP contribution < -0.4 is 0 Å². The molecule has 3 nitrogen and oxygen atoms in total. The predicted octanol–water partition coefficient (Wildman–Crippen LogP) is 5.28. The van der Waals surface area contributed by atoms with Crippen LogP contribution in [-0.4, -0.2) is 18.2 Å². The van der Waals surface area contributed by atoms with Crippen molar-refractivity contribution in [1.29, 1.82) is 0 Å². The van der Waals surface area contributed by atoms with Crippen LogP contribution in [-0.2, 0) is 9.53 Å². The Hall–Kier alpha value is -1.55. The smallest absolute Gasteiger partial charge is 0.308 e. The highest BCUT2D eigenvalue weighted by Gasteiger charge is 2.18. The van der Waals surface area contributed by atoms with Crippen molar-refractivity contribution in [3.8, 4) is 11.1 Å². The Balaban J connectivity index is 2.23. The van der Waals surface area contributed by atoms with Gasteiger partial charge in [0, 0.05) is 10.0 Å². The van der Waals surface area contributed by atoms with Crippen LogP contribution in [0.15, 0.2) is 42.5 Å². The standard InChI is InChI=1S/C19H20Cl2O3/c1-12(19(23)24-2)3-10-18(22)16-9-8-15(21)11-17(16)13-4-6-14(20)7-5-13/h4-9,11-12,18,22H,3,10H2,1-2H3/t12?,18-/m1/s1. The molecule has 128 valence electrons. The number of benzene rings is 2. The first kappa shape index (κ1) is 18.8. The fraction of sp³-hybridized carbons (Fsp3) is 0.316. The third-order valence-electron chi connectivity index (χ3n) is 4.01. The van der Waals surface area contributed by atoms with Gasteiger partial charge < -0.3 is 9.84 Å². The van der Waals surface area contributed by atoms with E-state index in [9.17, 15) is 9.90 Å². The summed E-state index contributed by atoms with van der Waals surface area (Å²) < 4.78 is 4.72. The molecule has 0 spiro atoms. The molecule has 2 aromatic carbocycles. The average molecular weight is 367 g/mol. The number of hydrogen-bond donors (Lipinski definition) is 1. The topological polar surface area (TPSA) is 46.5 Å². The van der Waals surface area contributed by atoms with Crippen LogP contribution in [0.4, 0.5) is 0 Å². The third kappa shape index (κ3) is 4.73. The Bertz CT molecular complexity index is 698. The Labute approximate surface area is 152 Å². The lowest BCUT2D eigenvalue weighted by Crippen LogP contribution is -2.14. The number of rotatable bonds is 6. The molecule has 0 saturated carbocycles. The number of aliphatic hydroxyl groups excluding tert-OH is 1. The van der Waals surface area contributed by atoms with Gasteiger partial charge in [-0.1, -0.05) is 48.3 Å². The van der Waals surface area contributed by atoms with Gasteiger partial charge in [0.1, 0.15) is 0 Å². The SMILES string of the molecule is COC(=O)C(C)CC[C@@H](O)c1ccc(Cl)cc1-c1ccc(Cl)cc1. The zero-order valence-electron chi connectivity index (χ0n) is 13.6. The summed E-state index contributed by atoms with van der Waals surface area (Å²) in [4.78, 5) is 11.5. The van der Waals surface area contributed by atoms with Gasteiger partial charge in [0.05, 0.1) is 19.1 Å². The molecule has 0 aliphatic heterocycles. The maximum absolute atomic E-state index is 11.5. The predicted molar refractivity (Wildman–Crippen MR) is 97.3 cm³/mol. The number of aliphatic hydroxyl groups is 1. The molecule has 2 aromatic rings. The van der Waals surface area contributed by atoms with Crippen LogP contribution in [0.1, 0.15) is 31.4 Å². The Morgan fingerprint density at radius 3 is 2.33 bits per heavy atom. The van der Waals surface area contributed by atoms with Crippen molar-refractivity contribution in [2.75, 3.05) is 7.11 Å². The van der Waals surface area contributed by atoms with E-state index in [0.29, 0.717) is 22.9 Å². The van der Waals surface area contributed by atoms with Crippen LogP contribution in [0.3, 0.4) is 0 Å². The maximum atomic E-state index is 11.5. The molecule has 0 radical (unpaired) electrons. The molecule has 2 rings (SSSR count). The zero-order valence-corrected chi connectivity index (χ0v) is 15.1. The van der Waals surface area contributed by atoms with E-state index in [2.05, 4.69) is 0 Å². The number of ether oxygens (including phenoxy) is 1. The van der Waals surface area contributed by atoms with E-state index in [1.165, 1.54) is 7.11 Å². The Morgan fingerprint density at radius 1 is 1.08 bits per heavy atom. The van der Waals surface area contributed by atoms with E-state index in [1.54, 1.807) is 25.1 Å². The molecule has 0 bridgehead atoms. The van der Waals surface area contributed by atoms with E-state index in [-0.39, 0.29) is 11.9 Å². The molecule has 1 unspecified atom stereocenters. The van der Waals surface area contributed by atoms with E-state index in [1.807, 2.05) is 24.3 Å². The Morgan fingerprint density at radius 2 is 1.71 bits per heavy atom. The number of hydrogen-bond acceptors (Lipinski definition) is 3. The summed E-state index contributed by atoms with van der Waals surface area (Å²) in [6.07, 6.45) is 0.301. The van der Waals surface area contributed by atoms with Crippen molar-refractivity contribution in [2.24, 2.45) is 5.92 Å². The number of esters is 1. The molecule has 5 heteroatoms. The molecule has 0 fully saturated rings. The van der Waals surface area contributed by atoms with Gasteiger partial charge in [-0.15, -0.1) is 0 Å². The lowest BCUT2D eigenvalue weighted by molar-refractivity contribution is -0.145. The molecular formula is C19H20Cl2O3. The fourth-order valence-electron chi connectivity index (χ4n) is 2.58. The first-order chi connectivity index (χ1) is 11.4. The minimum atomic E-state index is -0.694. The van der Waals surface area contributed by atoms with Crippen LogP contribution in [0.25, 0.3) is 11.1 Å². The molecule has 0 aliphatic rings. The number of halogens is 2. The second kappa shape index (κ2) is 8.52. The molecular weight excluding hydrogens is 347 g/mol. The van der Waals surface area contributed by atoms with E-state index in [4.69, 9.17) is 27.9 Å². The van der Waals surface area contributed by atoms with E-state index >= 15 is 0 Å². The van der Waals surface area contributed by atoms with Gasteiger partial charge in [-0.2, -0.15) is 0 Å². The van der Waals surface area contributed by atoms with Crippen molar-refractivity contribution >= 4 is 29.2 Å². The lowest BCUT2D eigenvalue weighted by atomic mass is 9.92. The first-order valence-electron chi connectivity index (χ1n) is 7.73. The van der Waals surface area contributed by atoms with E-state index in [0.717, 1.165) is 16.7 Å². The largest absolute Gasteiger partial charge is 0.469 e. The van der Waals surface area contributed by atoms with E-state index < -0.39 is 6.10 Å². The highest BCUT2D eigenvalue weighted by molar-refractivity contribution is 6.31. The third-order valence-corrected chi connectivity index (χ3v) is 4.49. The zero-order chi connectivity index (χ0) is 17.7. The van der Waals surface area contributed by atoms with Crippen LogP contribution in [0, 0.1) is 5.92 Å². The summed E-state index contributed by atoms with van der Waals surface area (Å²) in [7, 11) is 1.37. The summed E-state index contributed by atoms with van der Waals surface area (Å²) in [6, 6.07) is 12.8. The van der Waals surface area contributed by atoms with Crippen molar-refractivity contribution in [2.45, 2.75) is 25.9 Å². The number of carbonyl (C=O) groups excluding carboxylic acids is 1. The normalized spacial score (nSPS) is 13.4. The van der Waals surface area contributed by atoms with Gasteiger partial charge in [-0.05, 0) is 53.8 Å². The summed E-state index contributed by atoms with van der Waals surface area (Å²) >= 11 is 12.1. The van der Waals surface area contributed by atoms with Crippen molar-refractivity contribution < 1.29 is 14.6 Å². The van der Waals surface area contributed by atoms with Gasteiger partial charge in [-0.25, -0.2) is 0 Å². The van der Waals surface area contributed by atoms with Crippen molar-refractivity contribution in [1.82, 2.24) is 0 Å². The molecule has 0 aromatic heterocycles. The second-order valence-electron chi connectivity index (χ2n) is 5.76. The van der Waals surface area contributed by atoms with Gasteiger partial charge in [0.25, 0.3) is 0 Å².